The molecule has 0 aliphatic heterocycles. The van der Waals surface area contributed by atoms with Crippen molar-refractivity contribution in [2.75, 3.05) is 19.5 Å². The Bertz CT molecular complexity index is 665. The molecule has 1 atom stereocenters. The lowest BCUT2D eigenvalue weighted by atomic mass is 10.1. The Morgan fingerprint density at radius 2 is 1.95 bits per heavy atom. The molecule has 0 aliphatic carbocycles. The lowest BCUT2D eigenvalue weighted by Crippen LogP contribution is -2.08. The number of hydrogen-bond donors (Lipinski definition) is 1. The molecule has 1 unspecified atom stereocenters. The summed E-state index contributed by atoms with van der Waals surface area (Å²) in [6, 6.07) is 11.4. The molecule has 0 bridgehead atoms. The van der Waals surface area contributed by atoms with Crippen LogP contribution in [0.2, 0.25) is 0 Å². The van der Waals surface area contributed by atoms with Crippen LogP contribution in [0.25, 0.3) is 0 Å². The van der Waals surface area contributed by atoms with E-state index < -0.39 is 0 Å². The summed E-state index contributed by atoms with van der Waals surface area (Å²) in [5.41, 5.74) is 2.12. The van der Waals surface area contributed by atoms with Crippen molar-refractivity contribution in [1.82, 2.24) is 4.98 Å². The molecule has 5 nitrogen and oxygen atoms in total. The monoisotopic (exact) mass is 283 g/mol. The van der Waals surface area contributed by atoms with E-state index in [1.54, 1.807) is 26.5 Å². The second kappa shape index (κ2) is 6.62. The standard InChI is InChI=1S/C16H17N3O2/c1-11(19-13-5-4-8-18-14(13)10-17)12-6-7-15(20-2)16(9-12)21-3/h4-9,11,19H,1-3H3. The maximum absolute atomic E-state index is 9.06. The van der Waals surface area contributed by atoms with Gasteiger partial charge in [-0.05, 0) is 36.8 Å². The number of nitriles is 1. The van der Waals surface area contributed by atoms with Gasteiger partial charge in [-0.15, -0.1) is 0 Å². The number of nitrogens with zero attached hydrogens (tertiary/aromatic N) is 2. The van der Waals surface area contributed by atoms with Gasteiger partial charge in [-0.25, -0.2) is 4.98 Å². The van der Waals surface area contributed by atoms with E-state index >= 15 is 0 Å². The normalized spacial score (nSPS) is 11.3. The first-order valence-electron chi connectivity index (χ1n) is 6.53. The first kappa shape index (κ1) is 14.7. The number of anilines is 1. The number of rotatable bonds is 5. The van der Waals surface area contributed by atoms with Crippen molar-refractivity contribution in [2.24, 2.45) is 0 Å². The third-order valence-corrected chi connectivity index (χ3v) is 3.19. The highest BCUT2D eigenvalue weighted by molar-refractivity contribution is 5.55. The highest BCUT2D eigenvalue weighted by Gasteiger charge is 2.12. The maximum atomic E-state index is 9.06. The van der Waals surface area contributed by atoms with Gasteiger partial charge in [-0.3, -0.25) is 0 Å². The Kier molecular flexibility index (Phi) is 4.62. The topological polar surface area (TPSA) is 67.2 Å². The summed E-state index contributed by atoms with van der Waals surface area (Å²) in [5.74, 6) is 1.36. The van der Waals surface area contributed by atoms with Crippen LogP contribution in [0.3, 0.4) is 0 Å². The summed E-state index contributed by atoms with van der Waals surface area (Å²) in [7, 11) is 3.21. The van der Waals surface area contributed by atoms with Crippen LogP contribution in [0, 0.1) is 11.3 Å². The first-order valence-corrected chi connectivity index (χ1v) is 6.53. The second-order valence-electron chi connectivity index (χ2n) is 4.49. The van der Waals surface area contributed by atoms with Gasteiger partial charge >= 0.3 is 0 Å². The number of ether oxygens (including phenoxy) is 2. The number of nitrogens with one attached hydrogen (secondary N) is 1. The Morgan fingerprint density at radius 1 is 1.19 bits per heavy atom. The molecule has 0 radical (unpaired) electrons. The third-order valence-electron chi connectivity index (χ3n) is 3.19. The zero-order valence-corrected chi connectivity index (χ0v) is 12.3. The summed E-state index contributed by atoms with van der Waals surface area (Å²) in [4.78, 5) is 4.04. The van der Waals surface area contributed by atoms with Crippen LogP contribution in [0.4, 0.5) is 5.69 Å². The van der Waals surface area contributed by atoms with Crippen molar-refractivity contribution in [3.63, 3.8) is 0 Å². The van der Waals surface area contributed by atoms with Gasteiger partial charge in [0.15, 0.2) is 17.2 Å². The molecule has 1 heterocycles. The zero-order valence-electron chi connectivity index (χ0n) is 12.3. The van der Waals surface area contributed by atoms with E-state index in [4.69, 9.17) is 14.7 Å². The van der Waals surface area contributed by atoms with Crippen LogP contribution in [-0.4, -0.2) is 19.2 Å². The van der Waals surface area contributed by atoms with E-state index in [9.17, 15) is 0 Å². The van der Waals surface area contributed by atoms with Crippen molar-refractivity contribution >= 4 is 5.69 Å². The molecule has 1 aromatic carbocycles. The first-order chi connectivity index (χ1) is 10.2. The molecule has 1 N–H and O–H groups in total. The van der Waals surface area contributed by atoms with E-state index in [1.165, 1.54) is 0 Å². The fourth-order valence-corrected chi connectivity index (χ4v) is 2.05. The lowest BCUT2D eigenvalue weighted by Gasteiger charge is -2.18. The van der Waals surface area contributed by atoms with Crippen molar-refractivity contribution in [1.29, 1.82) is 5.26 Å². The minimum Gasteiger partial charge on any atom is -0.493 e. The van der Waals surface area contributed by atoms with Gasteiger partial charge in [0, 0.05) is 12.2 Å². The zero-order chi connectivity index (χ0) is 15.2. The van der Waals surface area contributed by atoms with E-state index in [0.717, 1.165) is 5.56 Å². The molecule has 1 aromatic heterocycles. The van der Waals surface area contributed by atoms with Crippen LogP contribution in [0.1, 0.15) is 24.2 Å². The Hall–Kier alpha value is -2.74. The molecule has 0 spiro atoms. The molecule has 2 rings (SSSR count). The fraction of sp³-hybridized carbons (Fsp3) is 0.250. The quantitative estimate of drug-likeness (QED) is 0.913. The fourth-order valence-electron chi connectivity index (χ4n) is 2.05. The molecular weight excluding hydrogens is 266 g/mol. The van der Waals surface area contributed by atoms with Crippen molar-refractivity contribution < 1.29 is 9.47 Å². The van der Waals surface area contributed by atoms with E-state index in [-0.39, 0.29) is 6.04 Å². The molecular formula is C16H17N3O2. The predicted octanol–water partition coefficient (Wildman–Crippen LogP) is 3.14. The average Bonchev–Trinajstić information content (AvgIpc) is 2.54. The van der Waals surface area contributed by atoms with Gasteiger partial charge in [0.1, 0.15) is 6.07 Å². The Balaban J connectivity index is 2.24. The molecule has 21 heavy (non-hydrogen) atoms. The Labute approximate surface area is 124 Å². The molecule has 0 aliphatic rings. The van der Waals surface area contributed by atoms with E-state index in [2.05, 4.69) is 16.4 Å². The smallest absolute Gasteiger partial charge is 0.163 e. The minimum atomic E-state index is 0.00102. The number of pyridine rings is 1. The van der Waals surface area contributed by atoms with Gasteiger partial charge in [0.2, 0.25) is 0 Å². The lowest BCUT2D eigenvalue weighted by molar-refractivity contribution is 0.354. The Morgan fingerprint density at radius 3 is 2.62 bits per heavy atom. The third kappa shape index (κ3) is 3.23. The molecule has 5 heteroatoms. The number of hydrogen-bond acceptors (Lipinski definition) is 5. The highest BCUT2D eigenvalue weighted by atomic mass is 16.5. The maximum Gasteiger partial charge on any atom is 0.163 e. The van der Waals surface area contributed by atoms with E-state index in [0.29, 0.717) is 22.9 Å². The SMILES string of the molecule is COc1ccc(C(C)Nc2cccnc2C#N)cc1OC. The van der Waals surface area contributed by atoms with Crippen LogP contribution < -0.4 is 14.8 Å². The highest BCUT2D eigenvalue weighted by Crippen LogP contribution is 2.31. The number of aromatic nitrogens is 1. The summed E-state index contributed by atoms with van der Waals surface area (Å²) in [6.07, 6.45) is 1.60. The van der Waals surface area contributed by atoms with Gasteiger partial charge in [-0.2, -0.15) is 5.26 Å². The van der Waals surface area contributed by atoms with Crippen molar-refractivity contribution in [2.45, 2.75) is 13.0 Å². The second-order valence-corrected chi connectivity index (χ2v) is 4.49. The van der Waals surface area contributed by atoms with Crippen molar-refractivity contribution in [3.05, 3.63) is 47.8 Å². The molecule has 0 saturated carbocycles. The van der Waals surface area contributed by atoms with Gasteiger partial charge in [0.25, 0.3) is 0 Å². The predicted molar refractivity (Wildman–Crippen MR) is 80.5 cm³/mol. The largest absolute Gasteiger partial charge is 0.493 e. The van der Waals surface area contributed by atoms with Gasteiger partial charge < -0.3 is 14.8 Å². The van der Waals surface area contributed by atoms with Crippen LogP contribution >= 0.6 is 0 Å². The van der Waals surface area contributed by atoms with Crippen molar-refractivity contribution in [3.8, 4) is 17.6 Å². The van der Waals surface area contributed by atoms with Crippen LogP contribution in [0.15, 0.2) is 36.5 Å². The molecule has 0 amide bonds. The van der Waals surface area contributed by atoms with Gasteiger partial charge in [0.05, 0.1) is 19.9 Å². The van der Waals surface area contributed by atoms with E-state index in [1.807, 2.05) is 31.2 Å². The molecule has 2 aromatic rings. The molecule has 0 saturated heterocycles. The number of methoxy groups -OCH3 is 2. The van der Waals surface area contributed by atoms with Gasteiger partial charge in [-0.1, -0.05) is 6.07 Å². The summed E-state index contributed by atoms with van der Waals surface area (Å²) in [6.45, 7) is 2.01. The molecule has 108 valence electrons. The summed E-state index contributed by atoms with van der Waals surface area (Å²) >= 11 is 0. The summed E-state index contributed by atoms with van der Waals surface area (Å²) < 4.78 is 10.5. The average molecular weight is 283 g/mol. The molecule has 0 fully saturated rings. The van der Waals surface area contributed by atoms with Crippen LogP contribution in [0.5, 0.6) is 11.5 Å². The number of benzene rings is 1. The minimum absolute atomic E-state index is 0.00102. The van der Waals surface area contributed by atoms with Crippen LogP contribution in [-0.2, 0) is 0 Å². The summed E-state index contributed by atoms with van der Waals surface area (Å²) in [5, 5.41) is 12.3.